The summed E-state index contributed by atoms with van der Waals surface area (Å²) >= 11 is 1.75. The summed E-state index contributed by atoms with van der Waals surface area (Å²) in [5.41, 5.74) is -0.880. The second kappa shape index (κ2) is 10.9. The molecule has 0 aromatic carbocycles. The minimum Gasteiger partial charge on any atom is -0.387 e. The van der Waals surface area contributed by atoms with Crippen LogP contribution in [0, 0.1) is 6.92 Å². The number of β-amino-alcohol motifs (C(OH)–C–C–N with tert-alkyl or cyclic N) is 1. The first-order chi connectivity index (χ1) is 14.4. The van der Waals surface area contributed by atoms with Crippen molar-refractivity contribution < 1.29 is 9.84 Å². The normalized spacial score (nSPS) is 17.7. The lowest BCUT2D eigenvalue weighted by molar-refractivity contribution is -0.0201. The molecule has 1 aliphatic rings. The van der Waals surface area contributed by atoms with Crippen LogP contribution in [0.2, 0.25) is 0 Å². The summed E-state index contributed by atoms with van der Waals surface area (Å²) < 4.78 is 7.32. The Morgan fingerprint density at radius 1 is 1.33 bits per heavy atom. The number of aromatic nitrogens is 3. The van der Waals surface area contributed by atoms with Crippen LogP contribution >= 0.6 is 11.3 Å². The monoisotopic (exact) mass is 435 g/mol. The summed E-state index contributed by atoms with van der Waals surface area (Å²) in [6, 6.07) is 4.19. The maximum Gasteiger partial charge on any atom is 0.191 e. The first-order valence-corrected chi connectivity index (χ1v) is 11.2. The highest BCUT2D eigenvalue weighted by molar-refractivity contribution is 7.09. The van der Waals surface area contributed by atoms with E-state index >= 15 is 0 Å². The van der Waals surface area contributed by atoms with Gasteiger partial charge < -0.3 is 25.0 Å². The third kappa shape index (κ3) is 7.05. The van der Waals surface area contributed by atoms with Gasteiger partial charge in [0.25, 0.3) is 0 Å². The van der Waals surface area contributed by atoms with Gasteiger partial charge in [0.05, 0.1) is 18.8 Å². The van der Waals surface area contributed by atoms with Crippen LogP contribution in [0.3, 0.4) is 0 Å². The number of rotatable bonds is 9. The van der Waals surface area contributed by atoms with Crippen molar-refractivity contribution in [3.63, 3.8) is 0 Å². The molecule has 1 saturated heterocycles. The van der Waals surface area contributed by atoms with E-state index in [1.165, 1.54) is 4.88 Å². The van der Waals surface area contributed by atoms with Crippen LogP contribution in [0.4, 0.5) is 0 Å². The van der Waals surface area contributed by atoms with E-state index in [2.05, 4.69) is 48.2 Å². The van der Waals surface area contributed by atoms with Crippen molar-refractivity contribution in [3.05, 3.63) is 34.0 Å². The van der Waals surface area contributed by atoms with Gasteiger partial charge >= 0.3 is 0 Å². The SMILES string of the molecule is Cc1nnc(CN=C(NCCc2cccs2)NCC(C)(O)CN2CCOCC2)n1C. The van der Waals surface area contributed by atoms with Crippen LogP contribution < -0.4 is 10.6 Å². The molecule has 3 rings (SSSR count). The van der Waals surface area contributed by atoms with Gasteiger partial charge in [-0.3, -0.25) is 4.90 Å². The number of nitrogens with zero attached hydrogens (tertiary/aromatic N) is 5. The van der Waals surface area contributed by atoms with Crippen molar-refractivity contribution in [3.8, 4) is 0 Å². The second-order valence-electron chi connectivity index (χ2n) is 7.88. The largest absolute Gasteiger partial charge is 0.387 e. The Morgan fingerprint density at radius 2 is 2.13 bits per heavy atom. The fourth-order valence-corrected chi connectivity index (χ4v) is 3.95. The molecule has 3 N–H and O–H groups in total. The van der Waals surface area contributed by atoms with Crippen molar-refractivity contribution in [1.82, 2.24) is 30.3 Å². The van der Waals surface area contributed by atoms with Crippen LogP contribution in [-0.4, -0.2) is 82.3 Å². The summed E-state index contributed by atoms with van der Waals surface area (Å²) in [4.78, 5) is 8.22. The minimum absolute atomic E-state index is 0.396. The third-order valence-corrected chi connectivity index (χ3v) is 6.05. The zero-order valence-corrected chi connectivity index (χ0v) is 18.9. The molecule has 1 fully saturated rings. The van der Waals surface area contributed by atoms with Crippen molar-refractivity contribution in [1.29, 1.82) is 0 Å². The zero-order valence-electron chi connectivity index (χ0n) is 18.1. The molecule has 0 radical (unpaired) electrons. The number of aryl methyl sites for hydroxylation is 1. The molecule has 2 aromatic heterocycles. The second-order valence-corrected chi connectivity index (χ2v) is 8.91. The molecular weight excluding hydrogens is 402 g/mol. The first kappa shape index (κ1) is 22.7. The molecule has 30 heavy (non-hydrogen) atoms. The van der Waals surface area contributed by atoms with Gasteiger partial charge in [-0.15, -0.1) is 21.5 Å². The lowest BCUT2D eigenvalue weighted by Gasteiger charge is -2.34. The number of ether oxygens (including phenoxy) is 1. The summed E-state index contributed by atoms with van der Waals surface area (Å²) in [7, 11) is 1.94. The highest BCUT2D eigenvalue weighted by Crippen LogP contribution is 2.09. The van der Waals surface area contributed by atoms with Crippen molar-refractivity contribution in [2.45, 2.75) is 32.4 Å². The number of aliphatic imine (C=N–C) groups is 1. The van der Waals surface area contributed by atoms with E-state index in [1.807, 2.05) is 25.5 Å². The van der Waals surface area contributed by atoms with Crippen LogP contribution in [0.5, 0.6) is 0 Å². The van der Waals surface area contributed by atoms with Gasteiger partial charge in [-0.1, -0.05) is 6.07 Å². The van der Waals surface area contributed by atoms with Gasteiger partial charge in [-0.2, -0.15) is 0 Å². The van der Waals surface area contributed by atoms with Crippen LogP contribution in [0.15, 0.2) is 22.5 Å². The summed E-state index contributed by atoms with van der Waals surface area (Å²) in [6.45, 7) is 9.07. The summed E-state index contributed by atoms with van der Waals surface area (Å²) in [6.07, 6.45) is 0.922. The fourth-order valence-electron chi connectivity index (χ4n) is 3.24. The van der Waals surface area contributed by atoms with E-state index < -0.39 is 5.60 Å². The van der Waals surface area contributed by atoms with Gasteiger partial charge in [-0.25, -0.2) is 4.99 Å². The predicted molar refractivity (Wildman–Crippen MR) is 119 cm³/mol. The van der Waals surface area contributed by atoms with Crippen LogP contribution in [-0.2, 0) is 24.8 Å². The van der Waals surface area contributed by atoms with Crippen LogP contribution in [0.25, 0.3) is 0 Å². The highest BCUT2D eigenvalue weighted by atomic mass is 32.1. The summed E-state index contributed by atoms with van der Waals surface area (Å²) in [5, 5.41) is 27.9. The predicted octanol–water partition coefficient (Wildman–Crippen LogP) is 0.546. The molecule has 10 heteroatoms. The average Bonchev–Trinajstić information content (AvgIpc) is 3.35. The van der Waals surface area contributed by atoms with E-state index in [4.69, 9.17) is 4.74 Å². The van der Waals surface area contributed by atoms with E-state index in [0.717, 1.165) is 50.9 Å². The van der Waals surface area contributed by atoms with Gasteiger partial charge in [0, 0.05) is 44.6 Å². The molecule has 166 valence electrons. The smallest absolute Gasteiger partial charge is 0.191 e. The van der Waals surface area contributed by atoms with Gasteiger partial charge in [0.15, 0.2) is 11.8 Å². The lowest BCUT2D eigenvalue weighted by atomic mass is 10.1. The maximum atomic E-state index is 10.9. The van der Waals surface area contributed by atoms with Crippen molar-refractivity contribution >= 4 is 17.3 Å². The quantitative estimate of drug-likeness (QED) is 0.391. The standard InChI is InChI=1S/C20H33N7O2S/c1-16-24-25-18(26(16)3)13-22-19(21-7-6-17-5-4-12-30-17)23-14-20(2,28)15-27-8-10-29-11-9-27/h4-5,12,28H,6-11,13-15H2,1-3H3,(H2,21,22,23). The lowest BCUT2D eigenvalue weighted by Crippen LogP contribution is -2.53. The number of thiophene rings is 1. The first-order valence-electron chi connectivity index (χ1n) is 10.3. The Morgan fingerprint density at radius 3 is 2.80 bits per heavy atom. The number of hydrogen-bond donors (Lipinski definition) is 3. The van der Waals surface area contributed by atoms with E-state index in [0.29, 0.717) is 25.6 Å². The van der Waals surface area contributed by atoms with E-state index in [9.17, 15) is 5.11 Å². The third-order valence-electron chi connectivity index (χ3n) is 5.11. The number of aliphatic hydroxyl groups is 1. The summed E-state index contributed by atoms with van der Waals surface area (Å²) in [5.74, 6) is 2.32. The van der Waals surface area contributed by atoms with Crippen LogP contribution in [0.1, 0.15) is 23.4 Å². The Hall–Kier alpha value is -2.01. The molecule has 3 heterocycles. The average molecular weight is 436 g/mol. The van der Waals surface area contributed by atoms with Crippen molar-refractivity contribution in [2.75, 3.05) is 45.9 Å². The molecule has 0 saturated carbocycles. The van der Waals surface area contributed by atoms with Crippen molar-refractivity contribution in [2.24, 2.45) is 12.0 Å². The molecule has 0 amide bonds. The fraction of sp³-hybridized carbons (Fsp3) is 0.650. The molecule has 1 unspecified atom stereocenters. The molecule has 1 atom stereocenters. The molecule has 0 aliphatic carbocycles. The molecule has 0 bridgehead atoms. The number of morpholine rings is 1. The zero-order chi connectivity index (χ0) is 21.4. The Kier molecular flexibility index (Phi) is 8.20. The minimum atomic E-state index is -0.880. The van der Waals surface area contributed by atoms with Gasteiger partial charge in [0.1, 0.15) is 12.4 Å². The topological polar surface area (TPSA) is 99.8 Å². The number of nitrogens with one attached hydrogen (secondary N) is 2. The Balaban J connectivity index is 1.57. The Bertz CT molecular complexity index is 798. The highest BCUT2D eigenvalue weighted by Gasteiger charge is 2.25. The van der Waals surface area contributed by atoms with E-state index in [1.54, 1.807) is 11.3 Å². The molecule has 9 nitrogen and oxygen atoms in total. The Labute approximate surface area is 182 Å². The van der Waals surface area contributed by atoms with Gasteiger partial charge in [-0.05, 0) is 31.7 Å². The molecule has 2 aromatic rings. The maximum absolute atomic E-state index is 10.9. The molecule has 1 aliphatic heterocycles. The number of hydrogen-bond acceptors (Lipinski definition) is 7. The van der Waals surface area contributed by atoms with Gasteiger partial charge in [0.2, 0.25) is 0 Å². The molecule has 0 spiro atoms. The molecular formula is C20H33N7O2S. The van der Waals surface area contributed by atoms with E-state index in [-0.39, 0.29) is 0 Å². The number of guanidine groups is 1.